The zero-order chi connectivity index (χ0) is 23.5. The van der Waals surface area contributed by atoms with Gasteiger partial charge in [0.15, 0.2) is 0 Å². The molecule has 0 unspecified atom stereocenters. The molecule has 0 heterocycles. The highest BCUT2D eigenvalue weighted by atomic mass is 35.5. The van der Waals surface area contributed by atoms with Crippen LogP contribution in [0.3, 0.4) is 0 Å². The monoisotopic (exact) mass is 493 g/mol. The van der Waals surface area contributed by atoms with Gasteiger partial charge in [-0.05, 0) is 55.0 Å². The zero-order valence-electron chi connectivity index (χ0n) is 16.7. The Morgan fingerprint density at radius 2 is 1.72 bits per heavy atom. The molecule has 0 spiro atoms. The van der Waals surface area contributed by atoms with Crippen molar-refractivity contribution in [2.45, 2.75) is 11.8 Å². The molecule has 0 aliphatic rings. The number of carbonyl (C=O) groups is 1. The number of sulfonamides is 1. The van der Waals surface area contributed by atoms with Crippen molar-refractivity contribution in [1.29, 1.82) is 0 Å². The van der Waals surface area contributed by atoms with E-state index in [0.29, 0.717) is 10.6 Å². The number of benzene rings is 3. The molecule has 0 radical (unpaired) electrons. The summed E-state index contributed by atoms with van der Waals surface area (Å²) in [4.78, 5) is 23.2. The molecule has 0 saturated carbocycles. The zero-order valence-corrected chi connectivity index (χ0v) is 19.0. The van der Waals surface area contributed by atoms with Gasteiger partial charge in [-0.2, -0.15) is 0 Å². The molecule has 0 atom stereocenters. The lowest BCUT2D eigenvalue weighted by Crippen LogP contribution is -2.38. The third kappa shape index (κ3) is 5.37. The summed E-state index contributed by atoms with van der Waals surface area (Å²) in [5, 5.41) is 14.2. The van der Waals surface area contributed by atoms with Gasteiger partial charge in [0.25, 0.3) is 15.7 Å². The number of nitrogens with one attached hydrogen (secondary N) is 1. The molecular formula is C21H17Cl2N3O5S. The lowest BCUT2D eigenvalue weighted by atomic mass is 10.2. The molecular weight excluding hydrogens is 477 g/mol. The van der Waals surface area contributed by atoms with E-state index in [9.17, 15) is 23.3 Å². The molecule has 0 aliphatic heterocycles. The molecule has 8 nitrogen and oxygen atoms in total. The van der Waals surface area contributed by atoms with Crippen LogP contribution < -0.4 is 9.62 Å². The van der Waals surface area contributed by atoms with Crippen LogP contribution in [0.1, 0.15) is 5.56 Å². The number of anilines is 2. The van der Waals surface area contributed by atoms with E-state index in [1.807, 2.05) is 0 Å². The summed E-state index contributed by atoms with van der Waals surface area (Å²) in [6.45, 7) is 1.08. The Kier molecular flexibility index (Phi) is 7.02. The van der Waals surface area contributed by atoms with E-state index in [0.717, 1.165) is 4.31 Å². The Balaban J connectivity index is 1.96. The molecule has 3 aromatic carbocycles. The molecule has 0 bridgehead atoms. The minimum Gasteiger partial charge on any atom is -0.324 e. The third-order valence-electron chi connectivity index (χ3n) is 4.49. The van der Waals surface area contributed by atoms with E-state index < -0.39 is 27.4 Å². The van der Waals surface area contributed by atoms with Crippen LogP contribution >= 0.6 is 23.2 Å². The van der Waals surface area contributed by atoms with E-state index >= 15 is 0 Å². The fraction of sp³-hybridized carbons (Fsp3) is 0.0952. The SMILES string of the molecule is Cc1ccc([N+](=O)[O-])cc1NC(=O)CN(c1cccc(Cl)c1)S(=O)(=O)c1ccc(Cl)cc1. The van der Waals surface area contributed by atoms with Gasteiger partial charge >= 0.3 is 0 Å². The molecule has 166 valence electrons. The molecule has 32 heavy (non-hydrogen) atoms. The van der Waals surface area contributed by atoms with Crippen LogP contribution in [0, 0.1) is 17.0 Å². The lowest BCUT2D eigenvalue weighted by molar-refractivity contribution is -0.384. The van der Waals surface area contributed by atoms with Gasteiger partial charge in [-0.1, -0.05) is 35.3 Å². The Labute approximate surface area is 194 Å². The lowest BCUT2D eigenvalue weighted by Gasteiger charge is -2.24. The normalized spacial score (nSPS) is 11.1. The summed E-state index contributed by atoms with van der Waals surface area (Å²) in [6.07, 6.45) is 0. The summed E-state index contributed by atoms with van der Waals surface area (Å²) < 4.78 is 27.6. The van der Waals surface area contributed by atoms with Crippen LogP contribution in [0.15, 0.2) is 71.6 Å². The van der Waals surface area contributed by atoms with Crippen LogP contribution in [0.2, 0.25) is 10.0 Å². The number of hydrogen-bond donors (Lipinski definition) is 1. The third-order valence-corrected chi connectivity index (χ3v) is 6.77. The molecule has 0 aliphatic carbocycles. The topological polar surface area (TPSA) is 110 Å². The van der Waals surface area contributed by atoms with Crippen LogP contribution in [0.4, 0.5) is 17.1 Å². The van der Waals surface area contributed by atoms with E-state index in [4.69, 9.17) is 23.2 Å². The molecule has 1 N–H and O–H groups in total. The van der Waals surface area contributed by atoms with Crippen molar-refractivity contribution in [3.8, 4) is 0 Å². The fourth-order valence-corrected chi connectivity index (χ4v) is 4.58. The summed E-state index contributed by atoms with van der Waals surface area (Å²) in [5.74, 6) is -0.689. The summed E-state index contributed by atoms with van der Waals surface area (Å²) in [7, 11) is -4.16. The van der Waals surface area contributed by atoms with Gasteiger partial charge in [-0.25, -0.2) is 8.42 Å². The highest BCUT2D eigenvalue weighted by Crippen LogP contribution is 2.27. The average molecular weight is 494 g/mol. The summed E-state index contributed by atoms with van der Waals surface area (Å²) in [6, 6.07) is 15.6. The first-order chi connectivity index (χ1) is 15.1. The van der Waals surface area contributed by atoms with Gasteiger partial charge in [0.05, 0.1) is 21.2 Å². The highest BCUT2D eigenvalue weighted by Gasteiger charge is 2.28. The number of hydrogen-bond acceptors (Lipinski definition) is 5. The van der Waals surface area contributed by atoms with Crippen molar-refractivity contribution in [1.82, 2.24) is 0 Å². The quantitative estimate of drug-likeness (QED) is 0.366. The maximum Gasteiger partial charge on any atom is 0.271 e. The summed E-state index contributed by atoms with van der Waals surface area (Å²) in [5.41, 5.74) is 0.766. The molecule has 1 amide bonds. The number of carbonyl (C=O) groups excluding carboxylic acids is 1. The minimum atomic E-state index is -4.16. The Morgan fingerprint density at radius 3 is 2.34 bits per heavy atom. The largest absolute Gasteiger partial charge is 0.324 e. The predicted octanol–water partition coefficient (Wildman–Crippen LogP) is 5.04. The fourth-order valence-electron chi connectivity index (χ4n) is 2.86. The number of nitrogens with zero attached hydrogens (tertiary/aromatic N) is 2. The number of nitro groups is 1. The predicted molar refractivity (Wildman–Crippen MR) is 124 cm³/mol. The second-order valence-electron chi connectivity index (χ2n) is 6.75. The van der Waals surface area contributed by atoms with Gasteiger partial charge < -0.3 is 5.32 Å². The van der Waals surface area contributed by atoms with E-state index in [1.165, 1.54) is 54.6 Å². The number of amides is 1. The molecule has 3 rings (SSSR count). The number of aryl methyl sites for hydroxylation is 1. The smallest absolute Gasteiger partial charge is 0.271 e. The number of rotatable bonds is 7. The minimum absolute atomic E-state index is 0.0683. The Hall–Kier alpha value is -3.14. The molecule has 0 fully saturated rings. The maximum absolute atomic E-state index is 13.3. The van der Waals surface area contributed by atoms with Crippen molar-refractivity contribution >= 4 is 56.2 Å². The first-order valence-electron chi connectivity index (χ1n) is 9.17. The van der Waals surface area contributed by atoms with Gasteiger partial charge in [-0.15, -0.1) is 0 Å². The van der Waals surface area contributed by atoms with E-state index in [-0.39, 0.29) is 27.0 Å². The molecule has 3 aromatic rings. The second kappa shape index (κ2) is 9.56. The number of nitro benzene ring substituents is 1. The Bertz CT molecular complexity index is 1280. The molecule has 0 saturated heterocycles. The van der Waals surface area contributed by atoms with Crippen LogP contribution in [0.5, 0.6) is 0 Å². The second-order valence-corrected chi connectivity index (χ2v) is 9.49. The number of halogens is 2. The standard InChI is InChI=1S/C21H17Cl2N3O5S/c1-14-5-8-18(26(28)29)12-20(14)24-21(27)13-25(17-4-2-3-16(23)11-17)32(30,31)19-9-6-15(22)7-10-19/h2-12H,13H2,1H3,(H,24,27). The van der Waals surface area contributed by atoms with Crippen molar-refractivity contribution in [2.75, 3.05) is 16.2 Å². The average Bonchev–Trinajstić information content (AvgIpc) is 2.73. The van der Waals surface area contributed by atoms with Crippen molar-refractivity contribution in [3.63, 3.8) is 0 Å². The van der Waals surface area contributed by atoms with E-state index in [1.54, 1.807) is 19.1 Å². The van der Waals surface area contributed by atoms with Crippen LogP contribution in [-0.2, 0) is 14.8 Å². The first-order valence-corrected chi connectivity index (χ1v) is 11.4. The van der Waals surface area contributed by atoms with Gasteiger partial charge in [0.1, 0.15) is 6.54 Å². The molecule has 0 aromatic heterocycles. The van der Waals surface area contributed by atoms with Crippen molar-refractivity contribution < 1.29 is 18.1 Å². The Morgan fingerprint density at radius 1 is 1.03 bits per heavy atom. The summed E-state index contributed by atoms with van der Waals surface area (Å²) >= 11 is 11.9. The van der Waals surface area contributed by atoms with E-state index in [2.05, 4.69) is 5.32 Å². The van der Waals surface area contributed by atoms with Crippen LogP contribution in [0.25, 0.3) is 0 Å². The van der Waals surface area contributed by atoms with Gasteiger partial charge in [0.2, 0.25) is 5.91 Å². The first kappa shape index (κ1) is 23.5. The number of non-ortho nitro benzene ring substituents is 1. The molecule has 11 heteroatoms. The van der Waals surface area contributed by atoms with Gasteiger partial charge in [0, 0.05) is 22.2 Å². The highest BCUT2D eigenvalue weighted by molar-refractivity contribution is 7.92. The maximum atomic E-state index is 13.3. The van der Waals surface area contributed by atoms with Gasteiger partial charge in [-0.3, -0.25) is 19.2 Å². The van der Waals surface area contributed by atoms with Crippen molar-refractivity contribution in [2.24, 2.45) is 0 Å². The van der Waals surface area contributed by atoms with Crippen molar-refractivity contribution in [3.05, 3.63) is 92.5 Å². The van der Waals surface area contributed by atoms with Crippen LogP contribution in [-0.4, -0.2) is 25.8 Å².